The SMILES string of the molecule is CCC1CN2CCCC2CN1CC(C)C1CC1. The molecule has 17 heavy (non-hydrogen) atoms. The molecule has 2 nitrogen and oxygen atoms in total. The predicted molar refractivity (Wildman–Crippen MR) is 72.1 cm³/mol. The Bertz CT molecular complexity index is 260. The van der Waals surface area contributed by atoms with Crippen molar-refractivity contribution in [2.45, 2.75) is 58.0 Å². The quantitative estimate of drug-likeness (QED) is 0.740. The molecule has 0 N–H and O–H groups in total. The molecule has 3 unspecified atom stereocenters. The van der Waals surface area contributed by atoms with Crippen molar-refractivity contribution in [1.29, 1.82) is 0 Å². The largest absolute Gasteiger partial charge is 0.298 e. The van der Waals surface area contributed by atoms with E-state index in [2.05, 4.69) is 23.6 Å². The normalized spacial score (nSPS) is 37.1. The molecule has 2 heterocycles. The maximum absolute atomic E-state index is 2.83. The number of hydrogen-bond donors (Lipinski definition) is 0. The van der Waals surface area contributed by atoms with E-state index in [4.69, 9.17) is 0 Å². The van der Waals surface area contributed by atoms with Gasteiger partial charge in [0.05, 0.1) is 0 Å². The molecule has 1 saturated carbocycles. The maximum Gasteiger partial charge on any atom is 0.0224 e. The van der Waals surface area contributed by atoms with Crippen LogP contribution in [0.1, 0.15) is 46.0 Å². The lowest BCUT2D eigenvalue weighted by molar-refractivity contribution is 0.0377. The van der Waals surface area contributed by atoms with Gasteiger partial charge in [-0.25, -0.2) is 0 Å². The van der Waals surface area contributed by atoms with Gasteiger partial charge in [0.2, 0.25) is 0 Å². The van der Waals surface area contributed by atoms with Crippen molar-refractivity contribution in [3.8, 4) is 0 Å². The first kappa shape index (κ1) is 12.0. The second kappa shape index (κ2) is 4.89. The van der Waals surface area contributed by atoms with Gasteiger partial charge in [0, 0.05) is 31.7 Å². The van der Waals surface area contributed by atoms with Crippen molar-refractivity contribution in [3.05, 3.63) is 0 Å². The monoisotopic (exact) mass is 236 g/mol. The van der Waals surface area contributed by atoms with Crippen LogP contribution in [-0.2, 0) is 0 Å². The molecular weight excluding hydrogens is 208 g/mol. The summed E-state index contributed by atoms with van der Waals surface area (Å²) >= 11 is 0. The zero-order chi connectivity index (χ0) is 11.8. The number of hydrogen-bond acceptors (Lipinski definition) is 2. The third-order valence-corrected chi connectivity index (χ3v) is 5.33. The van der Waals surface area contributed by atoms with Crippen molar-refractivity contribution in [3.63, 3.8) is 0 Å². The molecule has 2 saturated heterocycles. The van der Waals surface area contributed by atoms with Gasteiger partial charge in [-0.2, -0.15) is 0 Å². The molecule has 0 aromatic carbocycles. The van der Waals surface area contributed by atoms with Gasteiger partial charge in [-0.05, 0) is 50.5 Å². The average molecular weight is 236 g/mol. The maximum atomic E-state index is 2.83. The highest BCUT2D eigenvalue weighted by atomic mass is 15.3. The smallest absolute Gasteiger partial charge is 0.0224 e. The molecule has 0 aromatic heterocycles. The van der Waals surface area contributed by atoms with Crippen LogP contribution in [0.25, 0.3) is 0 Å². The fourth-order valence-corrected chi connectivity index (χ4v) is 3.94. The predicted octanol–water partition coefficient (Wildman–Crippen LogP) is 2.59. The summed E-state index contributed by atoms with van der Waals surface area (Å²) in [5.74, 6) is 2.01. The first-order valence-electron chi connectivity index (χ1n) is 7.76. The van der Waals surface area contributed by atoms with Crippen molar-refractivity contribution < 1.29 is 0 Å². The molecule has 2 aliphatic heterocycles. The van der Waals surface area contributed by atoms with Gasteiger partial charge < -0.3 is 0 Å². The zero-order valence-corrected chi connectivity index (χ0v) is 11.6. The van der Waals surface area contributed by atoms with Gasteiger partial charge >= 0.3 is 0 Å². The van der Waals surface area contributed by atoms with Crippen LogP contribution in [0.5, 0.6) is 0 Å². The Morgan fingerprint density at radius 3 is 2.71 bits per heavy atom. The Balaban J connectivity index is 1.60. The van der Waals surface area contributed by atoms with E-state index < -0.39 is 0 Å². The van der Waals surface area contributed by atoms with E-state index in [1.807, 2.05) is 0 Å². The van der Waals surface area contributed by atoms with Crippen LogP contribution in [0.4, 0.5) is 0 Å². The van der Waals surface area contributed by atoms with E-state index in [0.29, 0.717) is 0 Å². The molecule has 0 radical (unpaired) electrons. The Morgan fingerprint density at radius 1 is 1.18 bits per heavy atom. The van der Waals surface area contributed by atoms with Crippen molar-refractivity contribution in [2.75, 3.05) is 26.2 Å². The number of nitrogens with zero attached hydrogens (tertiary/aromatic N) is 2. The standard InChI is InChI=1S/C15H28N2/c1-3-14-10-16-8-4-5-15(16)11-17(14)9-12(2)13-6-7-13/h12-15H,3-11H2,1-2H3. The van der Waals surface area contributed by atoms with E-state index >= 15 is 0 Å². The first-order valence-corrected chi connectivity index (χ1v) is 7.76. The van der Waals surface area contributed by atoms with Crippen molar-refractivity contribution >= 4 is 0 Å². The summed E-state index contributed by atoms with van der Waals surface area (Å²) in [6.45, 7) is 10.3. The van der Waals surface area contributed by atoms with Crippen LogP contribution in [-0.4, -0.2) is 48.1 Å². The molecule has 98 valence electrons. The molecule has 3 fully saturated rings. The molecule has 0 bridgehead atoms. The highest BCUT2D eigenvalue weighted by Crippen LogP contribution is 2.38. The molecule has 2 heteroatoms. The molecule has 1 aliphatic carbocycles. The average Bonchev–Trinajstić information content (AvgIpc) is 3.08. The minimum Gasteiger partial charge on any atom is -0.298 e. The van der Waals surface area contributed by atoms with Gasteiger partial charge in [-0.15, -0.1) is 0 Å². The molecule has 3 aliphatic rings. The Labute approximate surface area is 106 Å². The third-order valence-electron chi connectivity index (χ3n) is 5.33. The van der Waals surface area contributed by atoms with Crippen LogP contribution < -0.4 is 0 Å². The fourth-order valence-electron chi connectivity index (χ4n) is 3.94. The van der Waals surface area contributed by atoms with Crippen LogP contribution >= 0.6 is 0 Å². The minimum atomic E-state index is 0.838. The lowest BCUT2D eigenvalue weighted by atomic mass is 10.00. The van der Waals surface area contributed by atoms with Gasteiger partial charge in [0.1, 0.15) is 0 Å². The number of fused-ring (bicyclic) bond motifs is 1. The Kier molecular flexibility index (Phi) is 3.45. The van der Waals surface area contributed by atoms with E-state index in [1.54, 1.807) is 0 Å². The summed E-state index contributed by atoms with van der Waals surface area (Å²) in [6.07, 6.45) is 7.22. The molecule has 0 spiro atoms. The van der Waals surface area contributed by atoms with Gasteiger partial charge in [0.15, 0.2) is 0 Å². The highest BCUT2D eigenvalue weighted by Gasteiger charge is 2.37. The molecule has 3 atom stereocenters. The van der Waals surface area contributed by atoms with Crippen LogP contribution in [0.2, 0.25) is 0 Å². The van der Waals surface area contributed by atoms with E-state index in [9.17, 15) is 0 Å². The van der Waals surface area contributed by atoms with Gasteiger partial charge in [0.25, 0.3) is 0 Å². The van der Waals surface area contributed by atoms with E-state index in [-0.39, 0.29) is 0 Å². The molecule has 0 amide bonds. The summed E-state index contributed by atoms with van der Waals surface area (Å²) in [7, 11) is 0. The zero-order valence-electron chi connectivity index (χ0n) is 11.6. The number of rotatable bonds is 4. The van der Waals surface area contributed by atoms with Gasteiger partial charge in [-0.1, -0.05) is 13.8 Å². The molecular formula is C15H28N2. The van der Waals surface area contributed by atoms with Crippen LogP contribution in [0.15, 0.2) is 0 Å². The van der Waals surface area contributed by atoms with Crippen LogP contribution in [0, 0.1) is 11.8 Å². The Morgan fingerprint density at radius 2 is 2.00 bits per heavy atom. The molecule has 0 aromatic rings. The summed E-state index contributed by atoms with van der Waals surface area (Å²) in [5, 5.41) is 0. The lowest BCUT2D eigenvalue weighted by Crippen LogP contribution is -2.56. The summed E-state index contributed by atoms with van der Waals surface area (Å²) in [5.41, 5.74) is 0. The third kappa shape index (κ3) is 2.53. The van der Waals surface area contributed by atoms with E-state index in [0.717, 1.165) is 23.9 Å². The Hall–Kier alpha value is -0.0800. The summed E-state index contributed by atoms with van der Waals surface area (Å²) < 4.78 is 0. The minimum absolute atomic E-state index is 0.838. The second-order valence-electron chi connectivity index (χ2n) is 6.62. The summed E-state index contributed by atoms with van der Waals surface area (Å²) in [6, 6.07) is 1.73. The highest BCUT2D eigenvalue weighted by molar-refractivity contribution is 4.93. The summed E-state index contributed by atoms with van der Waals surface area (Å²) in [4.78, 5) is 5.59. The van der Waals surface area contributed by atoms with E-state index in [1.165, 1.54) is 58.3 Å². The lowest BCUT2D eigenvalue weighted by Gasteiger charge is -2.44. The van der Waals surface area contributed by atoms with Crippen molar-refractivity contribution in [2.24, 2.45) is 11.8 Å². The second-order valence-corrected chi connectivity index (χ2v) is 6.62. The molecule has 3 rings (SSSR count). The van der Waals surface area contributed by atoms with Crippen LogP contribution in [0.3, 0.4) is 0 Å². The topological polar surface area (TPSA) is 6.48 Å². The van der Waals surface area contributed by atoms with Crippen molar-refractivity contribution in [1.82, 2.24) is 9.80 Å². The van der Waals surface area contributed by atoms with Gasteiger partial charge in [-0.3, -0.25) is 9.80 Å². The fraction of sp³-hybridized carbons (Fsp3) is 1.00. The first-order chi connectivity index (χ1) is 8.28. The number of piperazine rings is 1.